The van der Waals surface area contributed by atoms with E-state index in [4.69, 9.17) is 0 Å². The molecule has 0 aliphatic carbocycles. The van der Waals surface area contributed by atoms with Crippen LogP contribution in [-0.4, -0.2) is 13.3 Å². The topological polar surface area (TPSA) is 17.1 Å². The van der Waals surface area contributed by atoms with Crippen molar-refractivity contribution in [2.75, 3.05) is 13.3 Å². The van der Waals surface area contributed by atoms with Gasteiger partial charge in [0, 0.05) is 6.42 Å². The third-order valence-corrected chi connectivity index (χ3v) is 1.22. The van der Waals surface area contributed by atoms with Crippen LogP contribution in [0.1, 0.15) is 13.3 Å². The molecular formula is C6H11OP. The van der Waals surface area contributed by atoms with Crippen molar-refractivity contribution >= 4 is 7.14 Å². The third-order valence-electron chi connectivity index (χ3n) is 0.525. The van der Waals surface area contributed by atoms with Gasteiger partial charge in [-0.2, -0.15) is 0 Å². The van der Waals surface area contributed by atoms with Crippen LogP contribution in [0.15, 0.2) is 0 Å². The summed E-state index contributed by atoms with van der Waals surface area (Å²) >= 11 is 0. The van der Waals surface area contributed by atoms with Gasteiger partial charge in [0.2, 0.25) is 0 Å². The van der Waals surface area contributed by atoms with Crippen molar-refractivity contribution in [3.8, 4) is 11.6 Å². The maximum atomic E-state index is 10.8. The summed E-state index contributed by atoms with van der Waals surface area (Å²) in [6, 6.07) is 0. The molecule has 0 aliphatic rings. The monoisotopic (exact) mass is 130 g/mol. The number of rotatable bonds is 0. The zero-order chi connectivity index (χ0) is 6.62. The normalized spacial score (nSPS) is 9.88. The Morgan fingerprint density at radius 3 is 2.12 bits per heavy atom. The molecule has 2 heteroatoms. The molecule has 0 radical (unpaired) electrons. The smallest absolute Gasteiger partial charge is 0.149 e. The van der Waals surface area contributed by atoms with Crippen LogP contribution in [0.25, 0.3) is 0 Å². The highest BCUT2D eigenvalue weighted by Crippen LogP contribution is 2.33. The predicted octanol–water partition coefficient (Wildman–Crippen LogP) is 1.98. The van der Waals surface area contributed by atoms with Crippen LogP contribution in [0, 0.1) is 11.6 Å². The molecular weight excluding hydrogens is 119 g/mol. The Bertz CT molecular complexity index is 155. The van der Waals surface area contributed by atoms with E-state index in [0.29, 0.717) is 0 Å². The van der Waals surface area contributed by atoms with E-state index < -0.39 is 7.14 Å². The Hall–Kier alpha value is -0.210. The highest BCUT2D eigenvalue weighted by Gasteiger charge is 1.96. The second-order valence-corrected chi connectivity index (χ2v) is 4.92. The van der Waals surface area contributed by atoms with Gasteiger partial charge in [-0.3, -0.25) is 0 Å². The Kier molecular flexibility index (Phi) is 2.87. The molecule has 0 aliphatic heterocycles. The van der Waals surface area contributed by atoms with Crippen LogP contribution in [0.5, 0.6) is 0 Å². The lowest BCUT2D eigenvalue weighted by Crippen LogP contribution is -1.65. The summed E-state index contributed by atoms with van der Waals surface area (Å²) in [7, 11) is -2.04. The third kappa shape index (κ3) is 5.79. The van der Waals surface area contributed by atoms with E-state index in [1.807, 2.05) is 6.92 Å². The highest BCUT2D eigenvalue weighted by molar-refractivity contribution is 7.67. The summed E-state index contributed by atoms with van der Waals surface area (Å²) in [6.45, 7) is 5.30. The standard InChI is InChI=1S/C6H11OP/c1-4-5-6-8(2,3)7/h4H2,1-3H3. The summed E-state index contributed by atoms with van der Waals surface area (Å²) in [5, 5.41) is 0. The number of hydrogen-bond donors (Lipinski definition) is 0. The fourth-order valence-electron chi connectivity index (χ4n) is 0.269. The molecule has 0 unspecified atom stereocenters. The van der Waals surface area contributed by atoms with E-state index in [9.17, 15) is 4.57 Å². The van der Waals surface area contributed by atoms with Crippen LogP contribution in [0.4, 0.5) is 0 Å². The van der Waals surface area contributed by atoms with Crippen LogP contribution >= 0.6 is 7.14 Å². The second-order valence-electron chi connectivity index (χ2n) is 1.99. The average Bonchev–Trinajstić information content (AvgIpc) is 1.59. The van der Waals surface area contributed by atoms with Crippen molar-refractivity contribution in [3.63, 3.8) is 0 Å². The van der Waals surface area contributed by atoms with E-state index >= 15 is 0 Å². The summed E-state index contributed by atoms with van der Waals surface area (Å²) in [5.41, 5.74) is 2.68. The largest absolute Gasteiger partial charge is 0.311 e. The van der Waals surface area contributed by atoms with Gasteiger partial charge in [0.25, 0.3) is 0 Å². The zero-order valence-electron chi connectivity index (χ0n) is 5.56. The minimum atomic E-state index is -2.04. The van der Waals surface area contributed by atoms with Crippen LogP contribution in [-0.2, 0) is 4.57 Å². The summed E-state index contributed by atoms with van der Waals surface area (Å²) < 4.78 is 10.8. The van der Waals surface area contributed by atoms with Crippen molar-refractivity contribution in [3.05, 3.63) is 0 Å². The first-order valence-electron chi connectivity index (χ1n) is 2.61. The van der Waals surface area contributed by atoms with Gasteiger partial charge in [-0.05, 0) is 19.0 Å². The van der Waals surface area contributed by atoms with Gasteiger partial charge in [0.1, 0.15) is 7.14 Å². The Labute approximate surface area is 50.9 Å². The summed E-state index contributed by atoms with van der Waals surface area (Å²) in [6.07, 6.45) is 0.797. The molecule has 0 spiro atoms. The molecule has 0 N–H and O–H groups in total. The predicted molar refractivity (Wildman–Crippen MR) is 37.5 cm³/mol. The molecule has 0 rings (SSSR count). The molecule has 0 aromatic rings. The van der Waals surface area contributed by atoms with Gasteiger partial charge in [0.15, 0.2) is 0 Å². The molecule has 0 aromatic heterocycles. The van der Waals surface area contributed by atoms with Gasteiger partial charge >= 0.3 is 0 Å². The van der Waals surface area contributed by atoms with E-state index in [1.165, 1.54) is 0 Å². The molecule has 0 atom stereocenters. The van der Waals surface area contributed by atoms with Gasteiger partial charge < -0.3 is 4.57 Å². The van der Waals surface area contributed by atoms with E-state index in [0.717, 1.165) is 6.42 Å². The van der Waals surface area contributed by atoms with E-state index in [2.05, 4.69) is 11.6 Å². The molecule has 0 saturated heterocycles. The average molecular weight is 130 g/mol. The van der Waals surface area contributed by atoms with Gasteiger partial charge in [-0.15, -0.1) is 0 Å². The zero-order valence-corrected chi connectivity index (χ0v) is 6.46. The Balaban J connectivity index is 3.89. The van der Waals surface area contributed by atoms with Gasteiger partial charge in [-0.1, -0.05) is 12.8 Å². The lowest BCUT2D eigenvalue weighted by molar-refractivity contribution is 0.589. The lowest BCUT2D eigenvalue weighted by Gasteiger charge is -1.88. The molecule has 0 saturated carbocycles. The Morgan fingerprint density at radius 1 is 1.50 bits per heavy atom. The summed E-state index contributed by atoms with van der Waals surface area (Å²) in [5.74, 6) is 2.78. The van der Waals surface area contributed by atoms with Crippen molar-refractivity contribution in [1.82, 2.24) is 0 Å². The van der Waals surface area contributed by atoms with Gasteiger partial charge in [0.05, 0.1) is 0 Å². The molecule has 0 fully saturated rings. The lowest BCUT2D eigenvalue weighted by atomic mass is 10.5. The molecule has 46 valence electrons. The maximum absolute atomic E-state index is 10.8. The minimum Gasteiger partial charge on any atom is -0.311 e. The minimum absolute atomic E-state index is 0.797. The fraction of sp³-hybridized carbons (Fsp3) is 0.667. The molecule has 0 bridgehead atoms. The second kappa shape index (κ2) is 2.95. The first kappa shape index (κ1) is 7.79. The van der Waals surface area contributed by atoms with Crippen LogP contribution in [0.3, 0.4) is 0 Å². The van der Waals surface area contributed by atoms with Crippen molar-refractivity contribution in [2.45, 2.75) is 13.3 Å². The first-order chi connectivity index (χ1) is 3.56. The first-order valence-corrected chi connectivity index (χ1v) is 5.21. The van der Waals surface area contributed by atoms with Crippen molar-refractivity contribution in [2.24, 2.45) is 0 Å². The van der Waals surface area contributed by atoms with Crippen LogP contribution in [0.2, 0.25) is 0 Å². The molecule has 0 amide bonds. The molecule has 0 aromatic carbocycles. The van der Waals surface area contributed by atoms with E-state index in [1.54, 1.807) is 13.3 Å². The number of hydrogen-bond acceptors (Lipinski definition) is 1. The fourth-order valence-corrected chi connectivity index (χ4v) is 0.808. The Morgan fingerprint density at radius 2 is 2.00 bits per heavy atom. The van der Waals surface area contributed by atoms with E-state index in [-0.39, 0.29) is 0 Å². The van der Waals surface area contributed by atoms with Crippen molar-refractivity contribution in [1.29, 1.82) is 0 Å². The maximum Gasteiger partial charge on any atom is 0.149 e. The quantitative estimate of drug-likeness (QED) is 0.362. The van der Waals surface area contributed by atoms with Crippen molar-refractivity contribution < 1.29 is 4.57 Å². The molecule has 1 nitrogen and oxygen atoms in total. The van der Waals surface area contributed by atoms with Crippen LogP contribution < -0.4 is 0 Å². The summed E-state index contributed by atoms with van der Waals surface area (Å²) in [4.78, 5) is 0. The van der Waals surface area contributed by atoms with Gasteiger partial charge in [-0.25, -0.2) is 0 Å². The SMILES string of the molecule is CCC#CP(C)(C)=O. The molecule has 0 heterocycles. The highest BCUT2D eigenvalue weighted by atomic mass is 31.2. The molecule has 8 heavy (non-hydrogen) atoms.